The van der Waals surface area contributed by atoms with Crippen molar-refractivity contribution in [3.8, 4) is 11.5 Å². The summed E-state index contributed by atoms with van der Waals surface area (Å²) in [5.41, 5.74) is 6.60. The van der Waals surface area contributed by atoms with Crippen LogP contribution < -0.4 is 5.73 Å². The van der Waals surface area contributed by atoms with Gasteiger partial charge in [0.15, 0.2) is 11.6 Å². The Hall–Kier alpha value is -1.71. The van der Waals surface area contributed by atoms with E-state index in [1.807, 2.05) is 19.9 Å². The van der Waals surface area contributed by atoms with E-state index < -0.39 is 0 Å². The smallest absolute Gasteiger partial charge is 0.207 e. The van der Waals surface area contributed by atoms with Crippen molar-refractivity contribution in [1.82, 2.24) is 5.16 Å². The highest BCUT2D eigenvalue weighted by molar-refractivity contribution is 5.62. The van der Waals surface area contributed by atoms with Crippen LogP contribution in [0.2, 0.25) is 0 Å². The van der Waals surface area contributed by atoms with Gasteiger partial charge in [0, 0.05) is 5.56 Å². The molecule has 0 saturated heterocycles. The van der Waals surface area contributed by atoms with E-state index in [1.165, 1.54) is 0 Å². The largest absolute Gasteiger partial charge is 0.461 e. The molecule has 2 aromatic heterocycles. The average Bonchev–Trinajstić information content (AvgIpc) is 2.70. The van der Waals surface area contributed by atoms with E-state index in [9.17, 15) is 0 Å². The van der Waals surface area contributed by atoms with E-state index in [4.69, 9.17) is 14.7 Å². The highest BCUT2D eigenvalue weighted by atomic mass is 16.5. The van der Waals surface area contributed by atoms with Gasteiger partial charge >= 0.3 is 0 Å². The number of nitrogen functional groups attached to an aromatic ring is 1. The summed E-state index contributed by atoms with van der Waals surface area (Å²) >= 11 is 0. The first-order valence-corrected chi connectivity index (χ1v) is 4.49. The molecule has 0 atom stereocenters. The van der Waals surface area contributed by atoms with Crippen LogP contribution in [0.5, 0.6) is 0 Å². The fourth-order valence-electron chi connectivity index (χ4n) is 1.45. The molecule has 0 amide bonds. The third-order valence-corrected chi connectivity index (χ3v) is 2.08. The maximum absolute atomic E-state index is 5.70. The Labute approximate surface area is 81.7 Å². The zero-order chi connectivity index (χ0) is 10.1. The lowest BCUT2D eigenvalue weighted by atomic mass is 10.0. The molecule has 4 nitrogen and oxygen atoms in total. The molecule has 14 heavy (non-hydrogen) atoms. The molecule has 0 bridgehead atoms. The molecule has 2 aromatic rings. The van der Waals surface area contributed by atoms with Gasteiger partial charge < -0.3 is 14.7 Å². The second-order valence-corrected chi connectivity index (χ2v) is 3.44. The fraction of sp³-hybridized carbons (Fsp3) is 0.300. The SMILES string of the molecule is CC(C)c1c(N)noc1-c1ccco1. The summed E-state index contributed by atoms with van der Waals surface area (Å²) in [6.45, 7) is 4.07. The first kappa shape index (κ1) is 8.87. The van der Waals surface area contributed by atoms with Gasteiger partial charge in [-0.15, -0.1) is 0 Å². The first-order valence-electron chi connectivity index (χ1n) is 4.49. The summed E-state index contributed by atoms with van der Waals surface area (Å²) in [6, 6.07) is 3.63. The van der Waals surface area contributed by atoms with Crippen molar-refractivity contribution >= 4 is 5.82 Å². The summed E-state index contributed by atoms with van der Waals surface area (Å²) in [4.78, 5) is 0. The minimum Gasteiger partial charge on any atom is -0.461 e. The lowest BCUT2D eigenvalue weighted by Gasteiger charge is -2.02. The summed E-state index contributed by atoms with van der Waals surface area (Å²) in [5.74, 6) is 1.99. The molecule has 0 radical (unpaired) electrons. The zero-order valence-electron chi connectivity index (χ0n) is 8.15. The van der Waals surface area contributed by atoms with Crippen LogP contribution >= 0.6 is 0 Å². The Kier molecular flexibility index (Phi) is 2.04. The molecule has 0 aliphatic heterocycles. The van der Waals surface area contributed by atoms with Crippen molar-refractivity contribution in [2.75, 3.05) is 5.73 Å². The third-order valence-electron chi connectivity index (χ3n) is 2.08. The minimum absolute atomic E-state index is 0.265. The maximum atomic E-state index is 5.70. The van der Waals surface area contributed by atoms with Gasteiger partial charge in [0.25, 0.3) is 0 Å². The van der Waals surface area contributed by atoms with Crippen LogP contribution in [0.4, 0.5) is 5.82 Å². The van der Waals surface area contributed by atoms with Gasteiger partial charge in [-0.3, -0.25) is 0 Å². The predicted molar refractivity (Wildman–Crippen MR) is 52.7 cm³/mol. The van der Waals surface area contributed by atoms with Crippen molar-refractivity contribution in [2.45, 2.75) is 19.8 Å². The molecule has 0 saturated carbocycles. The van der Waals surface area contributed by atoms with E-state index >= 15 is 0 Å². The quantitative estimate of drug-likeness (QED) is 0.794. The molecular formula is C10H12N2O2. The summed E-state index contributed by atoms with van der Waals surface area (Å²) in [6.07, 6.45) is 1.60. The summed E-state index contributed by atoms with van der Waals surface area (Å²) < 4.78 is 10.4. The highest BCUT2D eigenvalue weighted by Gasteiger charge is 2.19. The number of furan rings is 1. The van der Waals surface area contributed by atoms with Gasteiger partial charge in [-0.1, -0.05) is 19.0 Å². The fourth-order valence-corrected chi connectivity index (χ4v) is 1.45. The molecule has 0 aliphatic rings. The van der Waals surface area contributed by atoms with Gasteiger partial charge in [0.1, 0.15) is 0 Å². The molecule has 0 spiro atoms. The topological polar surface area (TPSA) is 65.2 Å². The molecule has 2 N–H and O–H groups in total. The number of aromatic nitrogens is 1. The molecule has 74 valence electrons. The average molecular weight is 192 g/mol. The van der Waals surface area contributed by atoms with Crippen LogP contribution in [0.1, 0.15) is 25.3 Å². The molecule has 0 fully saturated rings. The van der Waals surface area contributed by atoms with Crippen LogP contribution in [-0.2, 0) is 0 Å². The summed E-state index contributed by atoms with van der Waals surface area (Å²) in [7, 11) is 0. The molecule has 4 heteroatoms. The van der Waals surface area contributed by atoms with E-state index in [0.717, 1.165) is 5.56 Å². The van der Waals surface area contributed by atoms with Crippen LogP contribution in [0.3, 0.4) is 0 Å². The van der Waals surface area contributed by atoms with Gasteiger partial charge in [-0.2, -0.15) is 0 Å². The number of rotatable bonds is 2. The standard InChI is InChI=1S/C10H12N2O2/c1-6(2)8-9(14-12-10(8)11)7-4-3-5-13-7/h3-6H,1-2H3,(H2,11,12). The van der Waals surface area contributed by atoms with E-state index in [0.29, 0.717) is 17.3 Å². The third kappa shape index (κ3) is 1.28. The van der Waals surface area contributed by atoms with Gasteiger partial charge in [-0.05, 0) is 18.1 Å². The van der Waals surface area contributed by atoms with E-state index in [1.54, 1.807) is 12.3 Å². The zero-order valence-corrected chi connectivity index (χ0v) is 8.15. The van der Waals surface area contributed by atoms with E-state index in [2.05, 4.69) is 5.16 Å². The Morgan fingerprint density at radius 2 is 2.21 bits per heavy atom. The van der Waals surface area contributed by atoms with Crippen molar-refractivity contribution in [3.05, 3.63) is 24.0 Å². The lowest BCUT2D eigenvalue weighted by Crippen LogP contribution is -1.94. The molecule has 0 unspecified atom stereocenters. The van der Waals surface area contributed by atoms with Crippen molar-refractivity contribution in [1.29, 1.82) is 0 Å². The van der Waals surface area contributed by atoms with Crippen LogP contribution in [0.15, 0.2) is 27.3 Å². The van der Waals surface area contributed by atoms with E-state index in [-0.39, 0.29) is 5.92 Å². The van der Waals surface area contributed by atoms with Crippen molar-refractivity contribution < 1.29 is 8.94 Å². The molecule has 2 rings (SSSR count). The minimum atomic E-state index is 0.265. The Morgan fingerprint density at radius 1 is 1.43 bits per heavy atom. The van der Waals surface area contributed by atoms with Gasteiger partial charge in [0.05, 0.1) is 6.26 Å². The maximum Gasteiger partial charge on any atom is 0.207 e. The Bertz CT molecular complexity index is 415. The first-order chi connectivity index (χ1) is 6.70. The number of hydrogen-bond acceptors (Lipinski definition) is 4. The predicted octanol–water partition coefficient (Wildman–Crippen LogP) is 2.64. The molecular weight excluding hydrogens is 180 g/mol. The van der Waals surface area contributed by atoms with Gasteiger partial charge in [-0.25, -0.2) is 0 Å². The van der Waals surface area contributed by atoms with Crippen molar-refractivity contribution in [2.24, 2.45) is 0 Å². The number of anilines is 1. The highest BCUT2D eigenvalue weighted by Crippen LogP contribution is 2.33. The number of nitrogens with zero attached hydrogens (tertiary/aromatic N) is 1. The monoisotopic (exact) mass is 192 g/mol. The molecule has 2 heterocycles. The lowest BCUT2D eigenvalue weighted by molar-refractivity contribution is 0.419. The van der Waals surface area contributed by atoms with Crippen LogP contribution in [-0.4, -0.2) is 5.16 Å². The molecule has 0 aromatic carbocycles. The normalized spacial score (nSPS) is 11.1. The van der Waals surface area contributed by atoms with Crippen LogP contribution in [0.25, 0.3) is 11.5 Å². The number of nitrogens with two attached hydrogens (primary N) is 1. The van der Waals surface area contributed by atoms with Crippen LogP contribution in [0, 0.1) is 0 Å². The van der Waals surface area contributed by atoms with Gasteiger partial charge in [0.2, 0.25) is 5.76 Å². The summed E-state index contributed by atoms with van der Waals surface area (Å²) in [5, 5.41) is 3.74. The number of hydrogen-bond donors (Lipinski definition) is 1. The Morgan fingerprint density at radius 3 is 2.79 bits per heavy atom. The second-order valence-electron chi connectivity index (χ2n) is 3.44. The molecule has 0 aliphatic carbocycles. The van der Waals surface area contributed by atoms with Crippen molar-refractivity contribution in [3.63, 3.8) is 0 Å². The Balaban J connectivity index is 2.54. The second kappa shape index (κ2) is 3.21.